The Morgan fingerprint density at radius 2 is 0.833 bits per heavy atom. The van der Waals surface area contributed by atoms with Gasteiger partial charge in [-0.3, -0.25) is 0 Å². The van der Waals surface area contributed by atoms with Gasteiger partial charge in [-0.25, -0.2) is 0 Å². The third-order valence-corrected chi connectivity index (χ3v) is 1.93. The first kappa shape index (κ1) is 31.7. The summed E-state index contributed by atoms with van der Waals surface area (Å²) in [6, 6.07) is 0. The molecule has 24 heavy (non-hydrogen) atoms. The van der Waals surface area contributed by atoms with Gasteiger partial charge in [-0.1, -0.05) is 0 Å². The van der Waals surface area contributed by atoms with Gasteiger partial charge in [0, 0.05) is 13.2 Å². The number of rotatable bonds is 3. The first-order chi connectivity index (χ1) is 9.83. The summed E-state index contributed by atoms with van der Waals surface area (Å²) in [6.45, 7) is 3.86. The summed E-state index contributed by atoms with van der Waals surface area (Å²) in [7, 11) is 0. The molecular formula is C9H12AlClF11O2+. The van der Waals surface area contributed by atoms with Gasteiger partial charge in [0.2, 0.25) is 0 Å². The number of alkyl halides is 11. The van der Waals surface area contributed by atoms with E-state index in [1.165, 1.54) is 0 Å². The normalized spacial score (nSPS) is 13.0. The van der Waals surface area contributed by atoms with Crippen molar-refractivity contribution < 1.29 is 70.9 Å². The third-order valence-electron chi connectivity index (χ3n) is 1.56. The molecule has 0 aromatic rings. The Morgan fingerprint density at radius 3 is 0.958 bits per heavy atom. The van der Waals surface area contributed by atoms with E-state index >= 15 is 0 Å². The van der Waals surface area contributed by atoms with E-state index in [9.17, 15) is 48.3 Å². The van der Waals surface area contributed by atoms with E-state index < -0.39 is 28.7 Å². The van der Waals surface area contributed by atoms with Gasteiger partial charge >= 0.3 is 93.3 Å². The molecule has 0 rings (SSSR count). The molecule has 0 saturated heterocycles. The molecule has 0 aromatic carbocycles. The van der Waals surface area contributed by atoms with Crippen LogP contribution in [0.4, 0.5) is 48.3 Å². The van der Waals surface area contributed by atoms with E-state index in [1.54, 1.807) is 13.8 Å². The average Bonchev–Trinajstić information content (AvgIpc) is 2.27. The number of aliphatic hydroxyl groups is 2. The molecular weight excluding hydrogens is 412 g/mol. The second-order valence-electron chi connectivity index (χ2n) is 3.48. The number of hydrogen-bond donors (Lipinski definition) is 2. The Labute approximate surface area is 143 Å². The van der Waals surface area contributed by atoms with Gasteiger partial charge in [0.1, 0.15) is 0 Å². The van der Waals surface area contributed by atoms with Crippen LogP contribution in [0.25, 0.3) is 0 Å². The second kappa shape index (κ2) is 10.8. The van der Waals surface area contributed by atoms with Crippen LogP contribution in [0.3, 0.4) is 0 Å². The maximum absolute atomic E-state index is 12.3. The molecule has 0 fully saturated rings. The van der Waals surface area contributed by atoms with Gasteiger partial charge < -0.3 is 22.6 Å². The molecule has 0 spiro atoms. The summed E-state index contributed by atoms with van der Waals surface area (Å²) in [5.74, 6) is -21.5. The van der Waals surface area contributed by atoms with Crippen LogP contribution in [0, 0.1) is 0 Å². The van der Waals surface area contributed by atoms with Crippen LogP contribution in [0.2, 0.25) is 0 Å². The molecule has 0 heterocycles. The summed E-state index contributed by atoms with van der Waals surface area (Å²) >= 11 is -0.217. The van der Waals surface area contributed by atoms with Crippen LogP contribution >= 0.6 is 0 Å². The maximum atomic E-state index is 12.3. The monoisotopic (exact) mass is 423 g/mol. The molecule has 15 heteroatoms. The minimum Gasteiger partial charge on any atom is -1.00 e. The second-order valence-corrected chi connectivity index (χ2v) is 4.20. The fraction of sp³-hybridized carbons (Fsp3) is 1.00. The predicted octanol–water partition coefficient (Wildman–Crippen LogP) is 0.217. The van der Waals surface area contributed by atoms with Crippen LogP contribution in [0.5, 0.6) is 0 Å². The quantitative estimate of drug-likeness (QED) is 0.504. The Hall–Kier alpha value is -0.0275. The van der Waals surface area contributed by atoms with Crippen molar-refractivity contribution in [1.29, 1.82) is 0 Å². The molecule has 0 aromatic heterocycles. The van der Waals surface area contributed by atoms with Crippen molar-refractivity contribution in [3.05, 3.63) is 0 Å². The van der Waals surface area contributed by atoms with Crippen molar-refractivity contribution in [3.63, 3.8) is 0 Å². The van der Waals surface area contributed by atoms with E-state index in [2.05, 4.69) is 0 Å². The number of hydrogen-bond acceptors (Lipinski definition) is 2. The van der Waals surface area contributed by atoms with E-state index in [0.717, 1.165) is 0 Å². The first-order valence-corrected chi connectivity index (χ1v) is 5.99. The summed E-state index contributed by atoms with van der Waals surface area (Å²) in [4.78, 5) is -5.84. The van der Waals surface area contributed by atoms with Crippen molar-refractivity contribution in [3.8, 4) is 0 Å². The fourth-order valence-electron chi connectivity index (χ4n) is 0.584. The van der Waals surface area contributed by atoms with Crippen LogP contribution < -0.4 is 12.4 Å². The van der Waals surface area contributed by atoms with Gasteiger partial charge in [0.15, 0.2) is 0 Å². The minimum absolute atomic E-state index is 0. The molecule has 0 aliphatic carbocycles. The van der Waals surface area contributed by atoms with E-state index in [-0.39, 0.29) is 41.9 Å². The van der Waals surface area contributed by atoms with Crippen molar-refractivity contribution >= 4 is 16.3 Å². The molecule has 0 atom stereocenters. The smallest absolute Gasteiger partial charge is 1.00 e. The van der Waals surface area contributed by atoms with Crippen LogP contribution in [0.1, 0.15) is 13.8 Å². The maximum Gasteiger partial charge on any atom is -1.00 e. The molecule has 0 aliphatic heterocycles. The van der Waals surface area contributed by atoms with Gasteiger partial charge in [0.25, 0.3) is 0 Å². The molecule has 2 N–H and O–H groups in total. The molecule has 0 bridgehead atoms. The zero-order valence-corrected chi connectivity index (χ0v) is 13.8. The first-order valence-electron chi connectivity index (χ1n) is 5.41. The largest absolute Gasteiger partial charge is 1.00 e. The Balaban J connectivity index is -0.000000248. The van der Waals surface area contributed by atoms with Gasteiger partial charge in [-0.15, -0.1) is 0 Å². The molecule has 0 amide bonds. The van der Waals surface area contributed by atoms with E-state index in [4.69, 9.17) is 10.2 Å². The SMILES string of the molecule is CCO.CCO.FC(F)(F)C(F)(F)C(F)(F)C(F)(F)[C](F)(F)[Al+2].[Cl-]. The number of halogens is 12. The molecule has 146 valence electrons. The van der Waals surface area contributed by atoms with Gasteiger partial charge in [-0.2, -0.15) is 0 Å². The molecule has 0 radical (unpaired) electrons. The third kappa shape index (κ3) is 7.47. The fourth-order valence-corrected chi connectivity index (χ4v) is 0.766. The van der Waals surface area contributed by atoms with Crippen molar-refractivity contribution in [2.75, 3.05) is 13.2 Å². The van der Waals surface area contributed by atoms with E-state index in [0.29, 0.717) is 0 Å². The van der Waals surface area contributed by atoms with E-state index in [1.807, 2.05) is 0 Å². The van der Waals surface area contributed by atoms with Crippen LogP contribution in [-0.2, 0) is 0 Å². The summed E-state index contributed by atoms with van der Waals surface area (Å²) in [6.07, 6.45) is -7.10. The Kier molecular flexibility index (Phi) is 14.3. The molecule has 0 unspecified atom stereocenters. The topological polar surface area (TPSA) is 40.5 Å². The molecule has 0 saturated carbocycles. The summed E-state index contributed by atoms with van der Waals surface area (Å²) in [5, 5.41) is 15.1. The predicted molar refractivity (Wildman–Crippen MR) is 57.1 cm³/mol. The van der Waals surface area contributed by atoms with Crippen molar-refractivity contribution in [1.82, 2.24) is 0 Å². The summed E-state index contributed by atoms with van der Waals surface area (Å²) < 4.78 is 131. The standard InChI is InChI=1S/C5F11.2C2H6O.Al.ClH/c6-1(7)2(8,9)3(10,11)4(12,13)5(14,15)16;2*1-2-3;;/h;2*3H,2H2,1H3;;1H/q;;;+2;/p-1. The number of aliphatic hydroxyl groups excluding tert-OH is 2. The molecule has 2 nitrogen and oxygen atoms in total. The van der Waals surface area contributed by atoms with Crippen LogP contribution in [-0.4, -0.2) is 68.4 Å². The van der Waals surface area contributed by atoms with Crippen molar-refractivity contribution in [2.45, 2.75) is 42.6 Å². The van der Waals surface area contributed by atoms with Crippen LogP contribution in [0.15, 0.2) is 0 Å². The van der Waals surface area contributed by atoms with Gasteiger partial charge in [-0.05, 0) is 13.8 Å². The Bertz CT molecular complexity index is 300. The summed E-state index contributed by atoms with van der Waals surface area (Å²) in [5.41, 5.74) is 0. The van der Waals surface area contributed by atoms with Crippen molar-refractivity contribution in [2.24, 2.45) is 0 Å². The molecule has 0 aliphatic rings. The van der Waals surface area contributed by atoms with Gasteiger partial charge in [0.05, 0.1) is 0 Å². The Morgan fingerprint density at radius 1 is 0.625 bits per heavy atom. The zero-order chi connectivity index (χ0) is 19.9. The minimum atomic E-state index is -7.30. The average molecular weight is 424 g/mol. The zero-order valence-electron chi connectivity index (χ0n) is 11.9.